The van der Waals surface area contributed by atoms with Crippen LogP contribution in [0.2, 0.25) is 0 Å². The number of benzene rings is 1. The lowest BCUT2D eigenvalue weighted by Crippen LogP contribution is -2.43. The van der Waals surface area contributed by atoms with Crippen LogP contribution in [0.4, 0.5) is 0 Å². The Balaban J connectivity index is 1.78. The van der Waals surface area contributed by atoms with Gasteiger partial charge in [0.25, 0.3) is 0 Å². The largest absolute Gasteiger partial charge is 0.508 e. The van der Waals surface area contributed by atoms with Crippen LogP contribution in [0, 0.1) is 5.92 Å². The highest BCUT2D eigenvalue weighted by Gasteiger charge is 2.27. The zero-order valence-corrected chi connectivity index (χ0v) is 12.2. The van der Waals surface area contributed by atoms with Gasteiger partial charge in [-0.05, 0) is 50.0 Å². The normalized spacial score (nSPS) is 23.5. The molecule has 2 rings (SSSR count). The smallest absolute Gasteiger partial charge is 0.306 e. The van der Waals surface area contributed by atoms with Gasteiger partial charge in [0, 0.05) is 13.0 Å². The molecule has 0 radical (unpaired) electrons. The molecule has 4 nitrogen and oxygen atoms in total. The van der Waals surface area contributed by atoms with Crippen molar-refractivity contribution in [2.24, 2.45) is 5.92 Å². The number of aryl methyl sites for hydroxylation is 1. The van der Waals surface area contributed by atoms with Crippen LogP contribution in [-0.4, -0.2) is 42.2 Å². The lowest BCUT2D eigenvalue weighted by Gasteiger charge is -2.34. The van der Waals surface area contributed by atoms with Gasteiger partial charge >= 0.3 is 5.97 Å². The van der Waals surface area contributed by atoms with Gasteiger partial charge in [0.05, 0.1) is 0 Å². The summed E-state index contributed by atoms with van der Waals surface area (Å²) >= 11 is 0. The van der Waals surface area contributed by atoms with E-state index in [-0.39, 0.29) is 17.8 Å². The first kappa shape index (κ1) is 14.9. The highest BCUT2D eigenvalue weighted by atomic mass is 16.5. The topological polar surface area (TPSA) is 49.8 Å². The average molecular weight is 277 g/mol. The third kappa shape index (κ3) is 4.23. The number of esters is 1. The van der Waals surface area contributed by atoms with E-state index in [9.17, 15) is 9.90 Å². The number of carbonyl (C=O) groups is 1. The number of nitrogens with zero attached hydrogens (tertiary/aromatic N) is 1. The molecule has 0 aromatic heterocycles. The number of phenols is 1. The number of piperidine rings is 1. The molecule has 1 aromatic rings. The van der Waals surface area contributed by atoms with Gasteiger partial charge in [-0.2, -0.15) is 0 Å². The minimum atomic E-state index is -0.134. The van der Waals surface area contributed by atoms with E-state index in [4.69, 9.17) is 4.74 Å². The molecule has 1 aromatic carbocycles. The molecule has 0 aliphatic carbocycles. The van der Waals surface area contributed by atoms with E-state index in [1.165, 1.54) is 0 Å². The number of carbonyl (C=O) groups excluding carboxylic acids is 1. The Morgan fingerprint density at radius 1 is 1.40 bits per heavy atom. The van der Waals surface area contributed by atoms with E-state index in [1.54, 1.807) is 12.1 Å². The Hall–Kier alpha value is -1.55. The van der Waals surface area contributed by atoms with Crippen molar-refractivity contribution in [3.63, 3.8) is 0 Å². The summed E-state index contributed by atoms with van der Waals surface area (Å²) in [6.45, 7) is 4.04. The summed E-state index contributed by atoms with van der Waals surface area (Å²) in [4.78, 5) is 14.1. The van der Waals surface area contributed by atoms with E-state index < -0.39 is 0 Å². The maximum Gasteiger partial charge on any atom is 0.306 e. The van der Waals surface area contributed by atoms with Gasteiger partial charge in [-0.25, -0.2) is 0 Å². The van der Waals surface area contributed by atoms with Crippen molar-refractivity contribution >= 4 is 5.97 Å². The molecule has 2 atom stereocenters. The summed E-state index contributed by atoms with van der Waals surface area (Å²) in [6, 6.07) is 6.94. The van der Waals surface area contributed by atoms with Crippen LogP contribution in [0.3, 0.4) is 0 Å². The second kappa shape index (κ2) is 6.75. The minimum Gasteiger partial charge on any atom is -0.508 e. The maximum atomic E-state index is 11.9. The molecule has 0 saturated carbocycles. The molecule has 1 saturated heterocycles. The first-order valence-electron chi connectivity index (χ1n) is 7.20. The molecular weight excluding hydrogens is 254 g/mol. The molecule has 0 bridgehead atoms. The summed E-state index contributed by atoms with van der Waals surface area (Å²) in [5.74, 6) is 0.546. The van der Waals surface area contributed by atoms with Gasteiger partial charge < -0.3 is 14.7 Å². The quantitative estimate of drug-likeness (QED) is 0.857. The highest BCUT2D eigenvalue weighted by Crippen LogP contribution is 2.20. The summed E-state index contributed by atoms with van der Waals surface area (Å²) in [7, 11) is 2.06. The van der Waals surface area contributed by atoms with Crippen LogP contribution in [0.25, 0.3) is 0 Å². The molecule has 1 unspecified atom stereocenters. The number of likely N-dealkylation sites (tertiary alicyclic amines) is 1. The first-order valence-corrected chi connectivity index (χ1v) is 7.20. The second-order valence-corrected chi connectivity index (χ2v) is 5.72. The zero-order valence-electron chi connectivity index (χ0n) is 12.2. The summed E-state index contributed by atoms with van der Waals surface area (Å²) < 4.78 is 5.59. The SMILES string of the molecule is CC1CCN(C)C[C@@H]1OC(=O)CCc1ccc(O)cc1. The van der Waals surface area contributed by atoms with Crippen LogP contribution in [0.5, 0.6) is 5.75 Å². The van der Waals surface area contributed by atoms with E-state index in [0.29, 0.717) is 18.8 Å². The summed E-state index contributed by atoms with van der Waals surface area (Å²) in [5.41, 5.74) is 1.04. The van der Waals surface area contributed by atoms with E-state index in [1.807, 2.05) is 12.1 Å². The monoisotopic (exact) mass is 277 g/mol. The molecule has 1 heterocycles. The molecule has 20 heavy (non-hydrogen) atoms. The van der Waals surface area contributed by atoms with Crippen molar-refractivity contribution in [2.45, 2.75) is 32.3 Å². The van der Waals surface area contributed by atoms with Gasteiger partial charge in [-0.15, -0.1) is 0 Å². The Bertz CT molecular complexity index is 444. The van der Waals surface area contributed by atoms with Crippen molar-refractivity contribution in [1.29, 1.82) is 0 Å². The van der Waals surface area contributed by atoms with Crippen molar-refractivity contribution in [1.82, 2.24) is 4.90 Å². The first-order chi connectivity index (χ1) is 9.54. The second-order valence-electron chi connectivity index (χ2n) is 5.72. The molecule has 1 aliphatic heterocycles. The van der Waals surface area contributed by atoms with Gasteiger partial charge in [0.15, 0.2) is 0 Å². The van der Waals surface area contributed by atoms with Crippen molar-refractivity contribution in [2.75, 3.05) is 20.1 Å². The lowest BCUT2D eigenvalue weighted by molar-refractivity contribution is -0.154. The number of hydrogen-bond acceptors (Lipinski definition) is 4. The number of aromatic hydroxyl groups is 1. The molecule has 0 amide bonds. The third-order valence-corrected chi connectivity index (χ3v) is 3.93. The fourth-order valence-electron chi connectivity index (χ4n) is 2.48. The maximum absolute atomic E-state index is 11.9. The Morgan fingerprint density at radius 2 is 2.10 bits per heavy atom. The van der Waals surface area contributed by atoms with Crippen LogP contribution < -0.4 is 0 Å². The third-order valence-electron chi connectivity index (χ3n) is 3.93. The predicted molar refractivity (Wildman–Crippen MR) is 77.6 cm³/mol. The van der Waals surface area contributed by atoms with E-state index >= 15 is 0 Å². The number of ether oxygens (including phenoxy) is 1. The minimum absolute atomic E-state index is 0.0149. The zero-order chi connectivity index (χ0) is 14.5. The van der Waals surface area contributed by atoms with Crippen LogP contribution in [0.1, 0.15) is 25.3 Å². The number of rotatable bonds is 4. The highest BCUT2D eigenvalue weighted by molar-refractivity contribution is 5.70. The number of phenolic OH excluding ortho intramolecular Hbond substituents is 1. The van der Waals surface area contributed by atoms with Crippen LogP contribution >= 0.6 is 0 Å². The average Bonchev–Trinajstić information content (AvgIpc) is 2.42. The van der Waals surface area contributed by atoms with E-state index in [2.05, 4.69) is 18.9 Å². The standard InChI is InChI=1S/C16H23NO3/c1-12-9-10-17(2)11-15(12)20-16(19)8-5-13-3-6-14(18)7-4-13/h3-4,6-7,12,15,18H,5,8-11H2,1-2H3/t12?,15-/m0/s1. The molecule has 1 aliphatic rings. The molecule has 4 heteroatoms. The van der Waals surface area contributed by atoms with Crippen molar-refractivity contribution in [3.05, 3.63) is 29.8 Å². The van der Waals surface area contributed by atoms with Gasteiger partial charge in [0.2, 0.25) is 0 Å². The summed E-state index contributed by atoms with van der Waals surface area (Å²) in [6.07, 6.45) is 2.13. The Kier molecular flexibility index (Phi) is 5.01. The molecular formula is C16H23NO3. The molecule has 110 valence electrons. The number of hydrogen-bond donors (Lipinski definition) is 1. The van der Waals surface area contributed by atoms with Gasteiger partial charge in [0.1, 0.15) is 11.9 Å². The predicted octanol–water partition coefficient (Wildman–Crippen LogP) is 2.21. The molecule has 1 fully saturated rings. The number of likely N-dealkylation sites (N-methyl/N-ethyl adjacent to an activating group) is 1. The van der Waals surface area contributed by atoms with Crippen LogP contribution in [0.15, 0.2) is 24.3 Å². The van der Waals surface area contributed by atoms with Crippen molar-refractivity contribution in [3.8, 4) is 5.75 Å². The van der Waals surface area contributed by atoms with Crippen LogP contribution in [-0.2, 0) is 16.0 Å². The Morgan fingerprint density at radius 3 is 2.80 bits per heavy atom. The Labute approximate surface area is 120 Å². The van der Waals surface area contributed by atoms with Crippen molar-refractivity contribution < 1.29 is 14.6 Å². The molecule has 1 N–H and O–H groups in total. The fourth-order valence-corrected chi connectivity index (χ4v) is 2.48. The molecule has 0 spiro atoms. The fraction of sp³-hybridized carbons (Fsp3) is 0.562. The van der Waals surface area contributed by atoms with E-state index in [0.717, 1.165) is 25.1 Å². The van der Waals surface area contributed by atoms with Gasteiger partial charge in [-0.1, -0.05) is 19.1 Å². The van der Waals surface area contributed by atoms with Gasteiger partial charge in [-0.3, -0.25) is 4.79 Å². The lowest BCUT2D eigenvalue weighted by atomic mass is 9.96. The summed E-state index contributed by atoms with van der Waals surface area (Å²) in [5, 5.41) is 9.21.